The molecule has 0 radical (unpaired) electrons. The van der Waals surface area contributed by atoms with E-state index in [1.165, 1.54) is 12.1 Å². The second-order valence-corrected chi connectivity index (χ2v) is 4.08. The van der Waals surface area contributed by atoms with Crippen LogP contribution in [0.3, 0.4) is 0 Å². The predicted octanol–water partition coefficient (Wildman–Crippen LogP) is 2.86. The maximum Gasteiger partial charge on any atom is 0.155 e. The Labute approximate surface area is 109 Å². The van der Waals surface area contributed by atoms with Gasteiger partial charge < -0.3 is 5.73 Å². The van der Waals surface area contributed by atoms with Crippen molar-refractivity contribution in [3.05, 3.63) is 54.5 Å². The van der Waals surface area contributed by atoms with Crippen molar-refractivity contribution in [1.82, 2.24) is 15.2 Å². The van der Waals surface area contributed by atoms with E-state index in [2.05, 4.69) is 15.2 Å². The number of rotatable bonds is 2. The van der Waals surface area contributed by atoms with Gasteiger partial charge in [-0.25, -0.2) is 4.39 Å². The van der Waals surface area contributed by atoms with Gasteiger partial charge in [0.05, 0.1) is 17.0 Å². The Kier molecular flexibility index (Phi) is 2.72. The second-order valence-electron chi connectivity index (χ2n) is 4.08. The summed E-state index contributed by atoms with van der Waals surface area (Å²) < 4.78 is 13.3. The number of pyridine rings is 1. The molecule has 19 heavy (non-hydrogen) atoms. The zero-order chi connectivity index (χ0) is 13.2. The number of halogens is 1. The van der Waals surface area contributed by atoms with E-state index < -0.39 is 0 Å². The molecule has 0 unspecified atom stereocenters. The molecule has 3 rings (SSSR count). The third-order valence-corrected chi connectivity index (χ3v) is 2.83. The third kappa shape index (κ3) is 2.06. The molecule has 3 aromatic rings. The SMILES string of the molecule is Nc1n[nH]c(-c2cccc(F)c2)c1-c1ccccn1. The molecule has 5 heteroatoms. The number of H-pyrrole nitrogens is 1. The molecule has 0 atom stereocenters. The topological polar surface area (TPSA) is 67.6 Å². The number of nitrogens with two attached hydrogens (primary N) is 1. The van der Waals surface area contributed by atoms with Gasteiger partial charge in [-0.3, -0.25) is 10.1 Å². The molecule has 0 saturated carbocycles. The Morgan fingerprint density at radius 1 is 1.11 bits per heavy atom. The zero-order valence-corrected chi connectivity index (χ0v) is 9.97. The zero-order valence-electron chi connectivity index (χ0n) is 9.97. The predicted molar refractivity (Wildman–Crippen MR) is 71.6 cm³/mol. The lowest BCUT2D eigenvalue weighted by atomic mass is 10.0. The summed E-state index contributed by atoms with van der Waals surface area (Å²) in [4.78, 5) is 4.26. The first-order valence-corrected chi connectivity index (χ1v) is 5.77. The quantitative estimate of drug-likeness (QED) is 0.738. The molecule has 2 aromatic heterocycles. The standard InChI is InChI=1S/C14H11FN4/c15-10-5-3-4-9(8-10)13-12(14(16)19-18-13)11-6-1-2-7-17-11/h1-8H,(H3,16,18,19). The van der Waals surface area contributed by atoms with Crippen molar-refractivity contribution < 1.29 is 4.39 Å². The molecule has 0 fully saturated rings. The number of hydrogen-bond acceptors (Lipinski definition) is 3. The van der Waals surface area contributed by atoms with Gasteiger partial charge in [0, 0.05) is 11.8 Å². The number of nitrogens with one attached hydrogen (secondary N) is 1. The van der Waals surface area contributed by atoms with E-state index in [4.69, 9.17) is 5.73 Å². The molecular weight excluding hydrogens is 243 g/mol. The van der Waals surface area contributed by atoms with E-state index in [1.807, 2.05) is 18.2 Å². The van der Waals surface area contributed by atoms with E-state index in [0.717, 1.165) is 0 Å². The second kappa shape index (κ2) is 4.53. The first-order valence-electron chi connectivity index (χ1n) is 5.77. The number of hydrogen-bond donors (Lipinski definition) is 2. The molecule has 0 aliphatic rings. The minimum absolute atomic E-state index is 0.308. The van der Waals surface area contributed by atoms with E-state index in [1.54, 1.807) is 18.3 Å². The molecule has 2 heterocycles. The summed E-state index contributed by atoms with van der Waals surface area (Å²) in [5.74, 6) is 0.0376. The minimum Gasteiger partial charge on any atom is -0.382 e. The Balaban J connectivity index is 2.19. The van der Waals surface area contributed by atoms with Crippen LogP contribution in [0, 0.1) is 5.82 Å². The highest BCUT2D eigenvalue weighted by Crippen LogP contribution is 2.33. The summed E-state index contributed by atoms with van der Waals surface area (Å²) in [5, 5.41) is 6.82. The van der Waals surface area contributed by atoms with Gasteiger partial charge >= 0.3 is 0 Å². The summed E-state index contributed by atoms with van der Waals surface area (Å²) in [6.45, 7) is 0. The largest absolute Gasteiger partial charge is 0.382 e. The van der Waals surface area contributed by atoms with Gasteiger partial charge in [-0.15, -0.1) is 0 Å². The normalized spacial score (nSPS) is 10.6. The number of nitrogens with zero attached hydrogens (tertiary/aromatic N) is 2. The summed E-state index contributed by atoms with van der Waals surface area (Å²) in [6.07, 6.45) is 1.68. The molecule has 0 amide bonds. The van der Waals surface area contributed by atoms with Crippen LogP contribution in [0.2, 0.25) is 0 Å². The van der Waals surface area contributed by atoms with Crippen molar-refractivity contribution in [3.63, 3.8) is 0 Å². The van der Waals surface area contributed by atoms with Crippen LogP contribution in [-0.2, 0) is 0 Å². The average molecular weight is 254 g/mol. The van der Waals surface area contributed by atoms with Crippen molar-refractivity contribution in [1.29, 1.82) is 0 Å². The van der Waals surface area contributed by atoms with Crippen molar-refractivity contribution in [2.24, 2.45) is 0 Å². The van der Waals surface area contributed by atoms with Crippen LogP contribution in [0.1, 0.15) is 0 Å². The molecule has 1 aromatic carbocycles. The number of nitrogen functional groups attached to an aromatic ring is 1. The van der Waals surface area contributed by atoms with Crippen LogP contribution in [-0.4, -0.2) is 15.2 Å². The Bertz CT molecular complexity index is 706. The number of aromatic amines is 1. The van der Waals surface area contributed by atoms with Gasteiger partial charge in [-0.1, -0.05) is 18.2 Å². The van der Waals surface area contributed by atoms with Crippen molar-refractivity contribution in [2.45, 2.75) is 0 Å². The Morgan fingerprint density at radius 3 is 2.74 bits per heavy atom. The van der Waals surface area contributed by atoms with Crippen molar-refractivity contribution >= 4 is 5.82 Å². The van der Waals surface area contributed by atoms with Gasteiger partial charge in [0.1, 0.15) is 5.82 Å². The lowest BCUT2D eigenvalue weighted by Crippen LogP contribution is -1.90. The van der Waals surface area contributed by atoms with Crippen LogP contribution in [0.5, 0.6) is 0 Å². The van der Waals surface area contributed by atoms with Gasteiger partial charge in [-0.05, 0) is 24.3 Å². The van der Waals surface area contributed by atoms with Gasteiger partial charge in [0.25, 0.3) is 0 Å². The van der Waals surface area contributed by atoms with E-state index in [9.17, 15) is 4.39 Å². The van der Waals surface area contributed by atoms with E-state index in [0.29, 0.717) is 28.3 Å². The van der Waals surface area contributed by atoms with Crippen LogP contribution in [0.25, 0.3) is 22.5 Å². The molecule has 0 saturated heterocycles. The summed E-state index contributed by atoms with van der Waals surface area (Å²) in [7, 11) is 0. The monoisotopic (exact) mass is 254 g/mol. The van der Waals surface area contributed by atoms with Crippen LogP contribution in [0.4, 0.5) is 10.2 Å². The Morgan fingerprint density at radius 2 is 2.00 bits per heavy atom. The lowest BCUT2D eigenvalue weighted by molar-refractivity contribution is 0.628. The number of benzene rings is 1. The summed E-state index contributed by atoms with van der Waals surface area (Å²) in [6, 6.07) is 11.8. The number of aromatic nitrogens is 3. The number of anilines is 1. The first kappa shape index (κ1) is 11.4. The lowest BCUT2D eigenvalue weighted by Gasteiger charge is -2.03. The molecule has 94 valence electrons. The Hall–Kier alpha value is -2.69. The fraction of sp³-hybridized carbons (Fsp3) is 0. The van der Waals surface area contributed by atoms with Crippen LogP contribution >= 0.6 is 0 Å². The maximum absolute atomic E-state index is 13.3. The molecule has 0 bridgehead atoms. The third-order valence-electron chi connectivity index (χ3n) is 2.83. The summed E-state index contributed by atoms with van der Waals surface area (Å²) >= 11 is 0. The molecular formula is C14H11FN4. The highest BCUT2D eigenvalue weighted by atomic mass is 19.1. The van der Waals surface area contributed by atoms with Crippen LogP contribution in [0.15, 0.2) is 48.7 Å². The first-order chi connectivity index (χ1) is 9.25. The van der Waals surface area contributed by atoms with Crippen molar-refractivity contribution in [3.8, 4) is 22.5 Å². The summed E-state index contributed by atoms with van der Waals surface area (Å²) in [5.41, 5.74) is 8.61. The fourth-order valence-electron chi connectivity index (χ4n) is 1.98. The molecule has 4 nitrogen and oxygen atoms in total. The molecule has 0 aliphatic heterocycles. The average Bonchev–Trinajstić information content (AvgIpc) is 2.82. The van der Waals surface area contributed by atoms with Crippen LogP contribution < -0.4 is 5.73 Å². The fourth-order valence-corrected chi connectivity index (χ4v) is 1.98. The highest BCUT2D eigenvalue weighted by Gasteiger charge is 2.15. The minimum atomic E-state index is -0.308. The van der Waals surface area contributed by atoms with Gasteiger partial charge in [-0.2, -0.15) is 5.10 Å². The maximum atomic E-state index is 13.3. The smallest absolute Gasteiger partial charge is 0.155 e. The highest BCUT2D eigenvalue weighted by molar-refractivity contribution is 5.86. The van der Waals surface area contributed by atoms with Gasteiger partial charge in [0.15, 0.2) is 5.82 Å². The molecule has 0 spiro atoms. The van der Waals surface area contributed by atoms with Gasteiger partial charge in [0.2, 0.25) is 0 Å². The van der Waals surface area contributed by atoms with Crippen molar-refractivity contribution in [2.75, 3.05) is 5.73 Å². The molecule has 3 N–H and O–H groups in total. The van der Waals surface area contributed by atoms with E-state index in [-0.39, 0.29) is 5.82 Å². The van der Waals surface area contributed by atoms with E-state index >= 15 is 0 Å². The molecule has 0 aliphatic carbocycles.